The van der Waals surface area contributed by atoms with E-state index in [1.807, 2.05) is 38.1 Å². The Labute approximate surface area is 175 Å². The molecule has 6 heteroatoms. The molecular formula is C20H35IN4O. The number of nitrogens with two attached hydrogens (primary N) is 1. The van der Waals surface area contributed by atoms with Gasteiger partial charge in [-0.2, -0.15) is 0 Å². The number of hydrogen-bond acceptors (Lipinski definition) is 3. The van der Waals surface area contributed by atoms with E-state index in [0.29, 0.717) is 5.96 Å². The highest BCUT2D eigenvalue weighted by molar-refractivity contribution is 14.0. The number of aliphatic imine (C=N–C) groups is 1. The molecule has 3 N–H and O–H groups in total. The summed E-state index contributed by atoms with van der Waals surface area (Å²) in [6.07, 6.45) is 5.13. The maximum atomic E-state index is 5.96. The smallest absolute Gasteiger partial charge is 0.193 e. The quantitative estimate of drug-likeness (QED) is 0.255. The van der Waals surface area contributed by atoms with Crippen LogP contribution >= 0.6 is 24.0 Å². The van der Waals surface area contributed by atoms with Gasteiger partial charge in [0.25, 0.3) is 0 Å². The molecule has 0 saturated carbocycles. The molecule has 5 nitrogen and oxygen atoms in total. The zero-order valence-electron chi connectivity index (χ0n) is 16.4. The second-order valence-corrected chi connectivity index (χ2v) is 7.31. The number of unbranched alkanes of at least 4 members (excludes halogenated alkanes) is 1. The SMILES string of the molecule is CC1CCN(CCCCN=C(N)Nc2ccc(OC(C)C)cc2)CC1.I. The van der Waals surface area contributed by atoms with Gasteiger partial charge in [0.1, 0.15) is 5.75 Å². The van der Waals surface area contributed by atoms with E-state index in [9.17, 15) is 0 Å². The molecule has 2 rings (SSSR count). The molecule has 0 atom stereocenters. The molecule has 1 saturated heterocycles. The molecule has 1 aliphatic rings. The van der Waals surface area contributed by atoms with Gasteiger partial charge in [0, 0.05) is 12.2 Å². The van der Waals surface area contributed by atoms with Gasteiger partial charge in [-0.15, -0.1) is 24.0 Å². The Kier molecular flexibility index (Phi) is 11.0. The number of piperidine rings is 1. The Morgan fingerprint density at radius 1 is 1.23 bits per heavy atom. The Morgan fingerprint density at radius 3 is 2.50 bits per heavy atom. The summed E-state index contributed by atoms with van der Waals surface area (Å²) in [5, 5.41) is 3.13. The first-order valence-electron chi connectivity index (χ1n) is 9.59. The first kappa shape index (κ1) is 23.0. The molecule has 0 amide bonds. The zero-order chi connectivity index (χ0) is 18.1. The van der Waals surface area contributed by atoms with Crippen molar-refractivity contribution in [2.75, 3.05) is 31.5 Å². The number of benzene rings is 1. The van der Waals surface area contributed by atoms with Crippen LogP contribution in [0.25, 0.3) is 0 Å². The third-order valence-corrected chi connectivity index (χ3v) is 4.54. The Balaban J connectivity index is 0.00000338. The molecule has 1 fully saturated rings. The lowest BCUT2D eigenvalue weighted by Crippen LogP contribution is -2.33. The zero-order valence-corrected chi connectivity index (χ0v) is 18.7. The number of halogens is 1. The second kappa shape index (κ2) is 12.4. The maximum Gasteiger partial charge on any atom is 0.193 e. The van der Waals surface area contributed by atoms with E-state index in [2.05, 4.69) is 22.1 Å². The van der Waals surface area contributed by atoms with Gasteiger partial charge in [-0.05, 0) is 89.3 Å². The van der Waals surface area contributed by atoms with Crippen LogP contribution in [-0.2, 0) is 0 Å². The molecule has 0 aliphatic carbocycles. The lowest BCUT2D eigenvalue weighted by Gasteiger charge is -2.30. The lowest BCUT2D eigenvalue weighted by atomic mass is 9.99. The Hall–Kier alpha value is -1.02. The number of anilines is 1. The molecule has 0 radical (unpaired) electrons. The van der Waals surface area contributed by atoms with Crippen molar-refractivity contribution < 1.29 is 4.74 Å². The van der Waals surface area contributed by atoms with Crippen LogP contribution in [0, 0.1) is 5.92 Å². The predicted octanol–water partition coefficient (Wildman–Crippen LogP) is 4.33. The maximum absolute atomic E-state index is 5.96. The molecule has 0 spiro atoms. The third kappa shape index (κ3) is 9.07. The van der Waals surface area contributed by atoms with Crippen LogP contribution in [0.5, 0.6) is 5.75 Å². The number of guanidine groups is 1. The van der Waals surface area contributed by atoms with E-state index in [4.69, 9.17) is 10.5 Å². The van der Waals surface area contributed by atoms with Crippen molar-refractivity contribution in [3.8, 4) is 5.75 Å². The van der Waals surface area contributed by atoms with Crippen LogP contribution in [0.3, 0.4) is 0 Å². The molecule has 1 aromatic carbocycles. The summed E-state index contributed by atoms with van der Waals surface area (Å²) >= 11 is 0. The van der Waals surface area contributed by atoms with Crippen LogP contribution in [0.2, 0.25) is 0 Å². The largest absolute Gasteiger partial charge is 0.491 e. The highest BCUT2D eigenvalue weighted by atomic mass is 127. The third-order valence-electron chi connectivity index (χ3n) is 4.54. The molecule has 0 bridgehead atoms. The van der Waals surface area contributed by atoms with Gasteiger partial charge in [0.15, 0.2) is 5.96 Å². The summed E-state index contributed by atoms with van der Waals surface area (Å²) in [6, 6.07) is 7.79. The van der Waals surface area contributed by atoms with Crippen molar-refractivity contribution in [1.82, 2.24) is 4.90 Å². The van der Waals surface area contributed by atoms with E-state index in [1.54, 1.807) is 0 Å². The molecular weight excluding hydrogens is 439 g/mol. The molecule has 0 aromatic heterocycles. The summed E-state index contributed by atoms with van der Waals surface area (Å²) in [6.45, 7) is 10.9. The fourth-order valence-corrected chi connectivity index (χ4v) is 3.01. The standard InChI is InChI=1S/C20H34N4O.HI/c1-16(2)25-19-8-6-18(7-9-19)23-20(21)22-12-4-5-13-24-14-10-17(3)11-15-24;/h6-9,16-17H,4-5,10-15H2,1-3H3,(H3,21,22,23);1H. The van der Waals surface area contributed by atoms with Gasteiger partial charge >= 0.3 is 0 Å². The van der Waals surface area contributed by atoms with Crippen molar-refractivity contribution in [2.24, 2.45) is 16.6 Å². The number of hydrogen-bond donors (Lipinski definition) is 2. The van der Waals surface area contributed by atoms with E-state index in [-0.39, 0.29) is 30.1 Å². The minimum absolute atomic E-state index is 0. The van der Waals surface area contributed by atoms with Gasteiger partial charge in [-0.3, -0.25) is 4.99 Å². The first-order chi connectivity index (χ1) is 12.0. The van der Waals surface area contributed by atoms with Crippen LogP contribution in [0.4, 0.5) is 5.69 Å². The van der Waals surface area contributed by atoms with Crippen LogP contribution in [0.1, 0.15) is 46.5 Å². The number of ether oxygens (including phenoxy) is 1. The average Bonchev–Trinajstić information content (AvgIpc) is 2.57. The minimum Gasteiger partial charge on any atom is -0.491 e. The summed E-state index contributed by atoms with van der Waals surface area (Å²) in [7, 11) is 0. The fraction of sp³-hybridized carbons (Fsp3) is 0.650. The lowest BCUT2D eigenvalue weighted by molar-refractivity contribution is 0.190. The van der Waals surface area contributed by atoms with Gasteiger partial charge < -0.3 is 20.7 Å². The molecule has 1 heterocycles. The van der Waals surface area contributed by atoms with Crippen molar-refractivity contribution in [3.63, 3.8) is 0 Å². The normalized spacial score (nSPS) is 16.4. The predicted molar refractivity (Wildman–Crippen MR) is 122 cm³/mol. The van der Waals surface area contributed by atoms with Crippen molar-refractivity contribution in [1.29, 1.82) is 0 Å². The topological polar surface area (TPSA) is 62.9 Å². The van der Waals surface area contributed by atoms with E-state index < -0.39 is 0 Å². The minimum atomic E-state index is 0. The fourth-order valence-electron chi connectivity index (χ4n) is 3.01. The van der Waals surface area contributed by atoms with E-state index in [1.165, 1.54) is 38.9 Å². The molecule has 26 heavy (non-hydrogen) atoms. The number of rotatable bonds is 8. The molecule has 1 aliphatic heterocycles. The summed E-state index contributed by atoms with van der Waals surface area (Å²) in [5.41, 5.74) is 6.89. The van der Waals surface area contributed by atoms with Crippen LogP contribution in [0.15, 0.2) is 29.3 Å². The molecule has 1 aromatic rings. The Morgan fingerprint density at radius 2 is 1.88 bits per heavy atom. The first-order valence-corrected chi connectivity index (χ1v) is 9.59. The van der Waals surface area contributed by atoms with Crippen molar-refractivity contribution in [3.05, 3.63) is 24.3 Å². The average molecular weight is 474 g/mol. The summed E-state index contributed by atoms with van der Waals surface area (Å²) in [4.78, 5) is 6.99. The monoisotopic (exact) mass is 474 g/mol. The number of likely N-dealkylation sites (tertiary alicyclic amines) is 1. The van der Waals surface area contributed by atoms with Gasteiger partial charge in [-0.25, -0.2) is 0 Å². The second-order valence-electron chi connectivity index (χ2n) is 7.31. The van der Waals surface area contributed by atoms with Crippen LogP contribution in [-0.4, -0.2) is 43.1 Å². The van der Waals surface area contributed by atoms with Gasteiger partial charge in [0.2, 0.25) is 0 Å². The van der Waals surface area contributed by atoms with Crippen LogP contribution < -0.4 is 15.8 Å². The van der Waals surface area contributed by atoms with Crippen molar-refractivity contribution in [2.45, 2.75) is 52.6 Å². The summed E-state index contributed by atoms with van der Waals surface area (Å²) in [5.74, 6) is 2.24. The number of nitrogens with zero attached hydrogens (tertiary/aromatic N) is 2. The Bertz CT molecular complexity index is 525. The molecule has 148 valence electrons. The van der Waals surface area contributed by atoms with E-state index >= 15 is 0 Å². The number of nitrogens with one attached hydrogen (secondary N) is 1. The highest BCUT2D eigenvalue weighted by Gasteiger charge is 2.14. The molecule has 0 unspecified atom stereocenters. The van der Waals surface area contributed by atoms with Crippen molar-refractivity contribution >= 4 is 35.6 Å². The van der Waals surface area contributed by atoms with Gasteiger partial charge in [-0.1, -0.05) is 6.92 Å². The van der Waals surface area contributed by atoms with Gasteiger partial charge in [0.05, 0.1) is 6.10 Å². The van der Waals surface area contributed by atoms with E-state index in [0.717, 1.165) is 30.3 Å². The summed E-state index contributed by atoms with van der Waals surface area (Å²) < 4.78 is 5.63. The highest BCUT2D eigenvalue weighted by Crippen LogP contribution is 2.17.